The molecule has 2 aromatic rings. The van der Waals surface area contributed by atoms with E-state index in [-0.39, 0.29) is 11.5 Å². The largest absolute Gasteiger partial charge is 0.502 e. The quantitative estimate of drug-likeness (QED) is 0.649. The summed E-state index contributed by atoms with van der Waals surface area (Å²) < 4.78 is 5.36. The molecule has 126 valence electrons. The van der Waals surface area contributed by atoms with Crippen molar-refractivity contribution < 1.29 is 19.6 Å². The van der Waals surface area contributed by atoms with Gasteiger partial charge in [-0.1, -0.05) is 12.1 Å². The molecule has 2 rings (SSSR count). The van der Waals surface area contributed by atoms with Crippen molar-refractivity contribution >= 4 is 11.6 Å². The van der Waals surface area contributed by atoms with Gasteiger partial charge in [0.15, 0.2) is 5.75 Å². The lowest BCUT2D eigenvalue weighted by Gasteiger charge is -2.17. The molecule has 0 aliphatic rings. The van der Waals surface area contributed by atoms with E-state index >= 15 is 0 Å². The molecular formula is C17H18N2O5. The zero-order chi connectivity index (χ0) is 17.7. The molecule has 0 fully saturated rings. The fourth-order valence-corrected chi connectivity index (χ4v) is 2.23. The Morgan fingerprint density at radius 2 is 1.92 bits per heavy atom. The van der Waals surface area contributed by atoms with Gasteiger partial charge in [-0.05, 0) is 36.8 Å². The lowest BCUT2D eigenvalue weighted by atomic mass is 10.1. The topological polar surface area (TPSA) is 92.9 Å². The molecule has 0 bridgehead atoms. The number of phenols is 1. The van der Waals surface area contributed by atoms with Crippen molar-refractivity contribution in [2.24, 2.45) is 0 Å². The van der Waals surface area contributed by atoms with Gasteiger partial charge in [-0.2, -0.15) is 0 Å². The minimum absolute atomic E-state index is 0.187. The molecule has 1 N–H and O–H groups in total. The van der Waals surface area contributed by atoms with Crippen molar-refractivity contribution in [3.8, 4) is 11.5 Å². The van der Waals surface area contributed by atoms with Crippen molar-refractivity contribution in [2.75, 3.05) is 13.7 Å². The summed E-state index contributed by atoms with van der Waals surface area (Å²) in [6.45, 7) is 2.85. The third-order valence-corrected chi connectivity index (χ3v) is 3.42. The molecule has 0 heterocycles. The maximum atomic E-state index is 12.4. The molecule has 0 spiro atoms. The van der Waals surface area contributed by atoms with Crippen LogP contribution in [0.25, 0.3) is 0 Å². The Kier molecular flexibility index (Phi) is 5.36. The Morgan fingerprint density at radius 1 is 1.25 bits per heavy atom. The Morgan fingerprint density at radius 3 is 2.46 bits per heavy atom. The number of amides is 1. The summed E-state index contributed by atoms with van der Waals surface area (Å²) in [7, 11) is 1.62. The van der Waals surface area contributed by atoms with Crippen LogP contribution in [-0.4, -0.2) is 34.5 Å². The highest BCUT2D eigenvalue weighted by atomic mass is 16.6. The van der Waals surface area contributed by atoms with Gasteiger partial charge in [-0.3, -0.25) is 14.9 Å². The summed E-state index contributed by atoms with van der Waals surface area (Å²) in [5, 5.41) is 20.3. The third-order valence-electron chi connectivity index (χ3n) is 3.42. The van der Waals surface area contributed by atoms with Crippen LogP contribution < -0.4 is 4.74 Å². The number of hydrogen-bond acceptors (Lipinski definition) is 5. The van der Waals surface area contributed by atoms with Crippen LogP contribution >= 0.6 is 0 Å². The van der Waals surface area contributed by atoms with Crippen molar-refractivity contribution in [1.82, 2.24) is 4.90 Å². The first-order valence-electron chi connectivity index (χ1n) is 7.37. The van der Waals surface area contributed by atoms with Gasteiger partial charge in [-0.15, -0.1) is 0 Å². The summed E-state index contributed by atoms with van der Waals surface area (Å²) in [6.07, 6.45) is 0. The lowest BCUT2D eigenvalue weighted by molar-refractivity contribution is -0.385. The molecule has 0 aliphatic heterocycles. The summed E-state index contributed by atoms with van der Waals surface area (Å²) in [4.78, 5) is 23.8. The number of nitro benzene ring substituents is 1. The summed E-state index contributed by atoms with van der Waals surface area (Å²) in [5.41, 5.74) is 0.674. The second-order valence-electron chi connectivity index (χ2n) is 5.20. The minimum Gasteiger partial charge on any atom is -0.502 e. The summed E-state index contributed by atoms with van der Waals surface area (Å²) >= 11 is 0. The number of carbonyl (C=O) groups excluding carboxylic acids is 1. The molecule has 0 unspecified atom stereocenters. The number of nitrogens with zero attached hydrogens (tertiary/aromatic N) is 2. The van der Waals surface area contributed by atoms with E-state index in [1.165, 1.54) is 11.0 Å². The molecule has 0 saturated carbocycles. The maximum absolute atomic E-state index is 12.4. The molecule has 0 saturated heterocycles. The van der Waals surface area contributed by atoms with E-state index in [0.29, 0.717) is 13.2 Å². The van der Waals surface area contributed by atoms with Gasteiger partial charge in [0.1, 0.15) is 5.75 Å². The van der Waals surface area contributed by atoms with Gasteiger partial charge >= 0.3 is 5.69 Å². The average molecular weight is 330 g/mol. The molecule has 0 atom stereocenters. The van der Waals surface area contributed by atoms with E-state index in [4.69, 9.17) is 4.74 Å². The lowest BCUT2D eigenvalue weighted by Crippen LogP contribution is -2.26. The number of ether oxygens (including phenoxy) is 1. The minimum atomic E-state index is -0.701. The van der Waals surface area contributed by atoms with Crippen molar-refractivity contribution in [3.05, 3.63) is 63.7 Å². The number of carbonyl (C=O) groups is 1. The monoisotopic (exact) mass is 330 g/mol. The van der Waals surface area contributed by atoms with Crippen LogP contribution in [0.15, 0.2) is 42.5 Å². The van der Waals surface area contributed by atoms with E-state index < -0.39 is 16.4 Å². The Bertz CT molecular complexity index is 743. The molecule has 0 aliphatic carbocycles. The summed E-state index contributed by atoms with van der Waals surface area (Å²) in [5.74, 6) is -0.107. The van der Waals surface area contributed by atoms with Crippen molar-refractivity contribution in [1.29, 1.82) is 0 Å². The average Bonchev–Trinajstić information content (AvgIpc) is 2.55. The predicted molar refractivity (Wildman–Crippen MR) is 88.2 cm³/mol. The standard InChI is InChI=1S/C17H18N2O5/c1-3-24-14-7-4-12(5-8-14)11-18(2)17(21)13-6-9-15(19(22)23)16(20)10-13/h4-10,20H,3,11H2,1-2H3. The van der Waals surface area contributed by atoms with Crippen molar-refractivity contribution in [2.45, 2.75) is 13.5 Å². The summed E-state index contributed by atoms with van der Waals surface area (Å²) in [6, 6.07) is 10.9. The SMILES string of the molecule is CCOc1ccc(CN(C)C(=O)c2ccc([N+](=O)[O-])c(O)c2)cc1. The highest BCUT2D eigenvalue weighted by Crippen LogP contribution is 2.26. The fourth-order valence-electron chi connectivity index (χ4n) is 2.23. The number of aromatic hydroxyl groups is 1. The highest BCUT2D eigenvalue weighted by Gasteiger charge is 2.18. The predicted octanol–water partition coefficient (Wildman–Crippen LogP) is 2.97. The van der Waals surface area contributed by atoms with E-state index in [0.717, 1.165) is 23.4 Å². The van der Waals surface area contributed by atoms with Gasteiger partial charge < -0.3 is 14.7 Å². The molecule has 1 amide bonds. The van der Waals surface area contributed by atoms with Crippen LogP contribution in [0.2, 0.25) is 0 Å². The van der Waals surface area contributed by atoms with Crippen LogP contribution in [-0.2, 0) is 6.54 Å². The van der Waals surface area contributed by atoms with Gasteiger partial charge in [0.2, 0.25) is 0 Å². The van der Waals surface area contributed by atoms with Gasteiger partial charge in [0.25, 0.3) is 5.91 Å². The number of benzene rings is 2. The van der Waals surface area contributed by atoms with Crippen LogP contribution in [0.3, 0.4) is 0 Å². The van der Waals surface area contributed by atoms with Gasteiger partial charge in [-0.25, -0.2) is 0 Å². The first-order valence-corrected chi connectivity index (χ1v) is 7.37. The van der Waals surface area contributed by atoms with Crippen LogP contribution in [0, 0.1) is 10.1 Å². The highest BCUT2D eigenvalue weighted by molar-refractivity contribution is 5.94. The second kappa shape index (κ2) is 7.45. The zero-order valence-electron chi connectivity index (χ0n) is 13.4. The van der Waals surface area contributed by atoms with E-state index in [2.05, 4.69) is 0 Å². The molecule has 7 heteroatoms. The third kappa shape index (κ3) is 4.01. The second-order valence-corrected chi connectivity index (χ2v) is 5.20. The van der Waals surface area contributed by atoms with Gasteiger partial charge in [0, 0.05) is 25.2 Å². The van der Waals surface area contributed by atoms with E-state index in [9.17, 15) is 20.0 Å². The number of rotatable bonds is 6. The Hall–Kier alpha value is -3.09. The Labute approximate surface area is 139 Å². The van der Waals surface area contributed by atoms with Crippen molar-refractivity contribution in [3.63, 3.8) is 0 Å². The molecule has 0 aromatic heterocycles. The molecule has 24 heavy (non-hydrogen) atoms. The Balaban J connectivity index is 2.09. The molecule has 2 aromatic carbocycles. The van der Waals surface area contributed by atoms with Crippen LogP contribution in [0.4, 0.5) is 5.69 Å². The fraction of sp³-hybridized carbons (Fsp3) is 0.235. The normalized spacial score (nSPS) is 10.2. The number of hydrogen-bond donors (Lipinski definition) is 1. The number of phenolic OH excluding ortho intramolecular Hbond substituents is 1. The van der Waals surface area contributed by atoms with E-state index in [1.807, 2.05) is 31.2 Å². The zero-order valence-corrected chi connectivity index (χ0v) is 13.4. The van der Waals surface area contributed by atoms with Crippen LogP contribution in [0.5, 0.6) is 11.5 Å². The maximum Gasteiger partial charge on any atom is 0.310 e. The smallest absolute Gasteiger partial charge is 0.310 e. The van der Waals surface area contributed by atoms with Gasteiger partial charge in [0.05, 0.1) is 11.5 Å². The number of nitro groups is 1. The van der Waals surface area contributed by atoms with Crippen LogP contribution in [0.1, 0.15) is 22.8 Å². The molecular weight excluding hydrogens is 312 g/mol. The molecule has 7 nitrogen and oxygen atoms in total. The molecule has 0 radical (unpaired) electrons. The first-order chi connectivity index (χ1) is 11.4. The van der Waals surface area contributed by atoms with E-state index in [1.54, 1.807) is 7.05 Å². The first kappa shape index (κ1) is 17.3.